The van der Waals surface area contributed by atoms with Crippen LogP contribution in [0.1, 0.15) is 40.7 Å². The molecule has 1 aromatic carbocycles. The van der Waals surface area contributed by atoms with Gasteiger partial charge in [-0.25, -0.2) is 0 Å². The van der Waals surface area contributed by atoms with Gasteiger partial charge in [-0.1, -0.05) is 12.1 Å². The highest BCUT2D eigenvalue weighted by molar-refractivity contribution is 6.00. The highest BCUT2D eigenvalue weighted by atomic mass is 16.2. The van der Waals surface area contributed by atoms with E-state index in [9.17, 15) is 14.4 Å². The molecular weight excluding hydrogens is 356 g/mol. The van der Waals surface area contributed by atoms with E-state index in [4.69, 9.17) is 0 Å². The number of carbonyl (C=O) groups is 3. The summed E-state index contributed by atoms with van der Waals surface area (Å²) in [6.45, 7) is 0.947. The third-order valence-electron chi connectivity index (χ3n) is 5.56. The van der Waals surface area contributed by atoms with Gasteiger partial charge >= 0.3 is 0 Å². The molecule has 0 saturated carbocycles. The minimum absolute atomic E-state index is 0.0108. The van der Waals surface area contributed by atoms with Gasteiger partial charge in [-0.15, -0.1) is 0 Å². The zero-order valence-corrected chi connectivity index (χ0v) is 16.1. The lowest BCUT2D eigenvalue weighted by atomic mass is 10.0. The first-order valence-corrected chi connectivity index (χ1v) is 9.73. The molecule has 7 heteroatoms. The van der Waals surface area contributed by atoms with Crippen molar-refractivity contribution in [3.63, 3.8) is 0 Å². The molecular formula is C21H24N4O3. The SMILES string of the molecule is Cn1cc(N2CCN(C(=O)CCC(=O)c3ccc4c(c3)CCC4)CC2=O)cn1. The van der Waals surface area contributed by atoms with Crippen LogP contribution in [0.4, 0.5) is 5.69 Å². The largest absolute Gasteiger partial charge is 0.332 e. The molecule has 7 nitrogen and oxygen atoms in total. The Labute approximate surface area is 163 Å². The van der Waals surface area contributed by atoms with E-state index >= 15 is 0 Å². The molecule has 0 N–H and O–H groups in total. The molecule has 1 saturated heterocycles. The number of aryl methyl sites for hydroxylation is 3. The molecule has 0 bridgehead atoms. The van der Waals surface area contributed by atoms with Crippen molar-refractivity contribution in [2.45, 2.75) is 32.1 Å². The standard InChI is InChI=1S/C21H24N4O3/c1-23-13-18(12-22-23)25-10-9-24(14-21(25)28)20(27)8-7-19(26)17-6-5-15-3-2-4-16(15)11-17/h5-6,11-13H,2-4,7-10,14H2,1H3. The van der Waals surface area contributed by atoms with E-state index in [1.165, 1.54) is 11.1 Å². The third-order valence-corrected chi connectivity index (χ3v) is 5.56. The minimum Gasteiger partial charge on any atom is -0.332 e. The molecule has 1 fully saturated rings. The number of Topliss-reactive ketones (excluding diaryl/α,β-unsaturated/α-hetero) is 1. The average molecular weight is 380 g/mol. The lowest BCUT2D eigenvalue weighted by molar-refractivity contribution is -0.136. The number of hydrogen-bond acceptors (Lipinski definition) is 4. The number of piperazine rings is 1. The van der Waals surface area contributed by atoms with E-state index in [2.05, 4.69) is 5.10 Å². The first-order chi connectivity index (χ1) is 13.5. The maximum absolute atomic E-state index is 12.5. The number of benzene rings is 1. The molecule has 2 heterocycles. The van der Waals surface area contributed by atoms with Crippen LogP contribution < -0.4 is 4.90 Å². The van der Waals surface area contributed by atoms with Crippen molar-refractivity contribution in [1.29, 1.82) is 0 Å². The summed E-state index contributed by atoms with van der Waals surface area (Å²) in [6, 6.07) is 5.88. The summed E-state index contributed by atoms with van der Waals surface area (Å²) in [5.41, 5.74) is 4.02. The van der Waals surface area contributed by atoms with Gasteiger partial charge in [0, 0.05) is 44.7 Å². The number of carbonyl (C=O) groups excluding carboxylic acids is 3. The van der Waals surface area contributed by atoms with Gasteiger partial charge < -0.3 is 9.80 Å². The summed E-state index contributed by atoms with van der Waals surface area (Å²) in [4.78, 5) is 40.6. The van der Waals surface area contributed by atoms with Gasteiger partial charge in [0.2, 0.25) is 11.8 Å². The molecule has 28 heavy (non-hydrogen) atoms. The molecule has 2 aliphatic rings. The summed E-state index contributed by atoms with van der Waals surface area (Å²) in [6.07, 6.45) is 6.99. The predicted octanol–water partition coefficient (Wildman–Crippen LogP) is 1.75. The molecule has 0 radical (unpaired) electrons. The Morgan fingerprint density at radius 2 is 1.93 bits per heavy atom. The van der Waals surface area contributed by atoms with Crippen LogP contribution in [0.3, 0.4) is 0 Å². The number of aromatic nitrogens is 2. The third kappa shape index (κ3) is 3.69. The lowest BCUT2D eigenvalue weighted by Crippen LogP contribution is -2.52. The van der Waals surface area contributed by atoms with Crippen LogP contribution in [0.5, 0.6) is 0 Å². The molecule has 0 unspecified atom stereocenters. The Hall–Kier alpha value is -2.96. The molecule has 1 aliphatic heterocycles. The Morgan fingerprint density at radius 1 is 1.11 bits per heavy atom. The zero-order chi connectivity index (χ0) is 19.7. The number of anilines is 1. The summed E-state index contributed by atoms with van der Waals surface area (Å²) in [7, 11) is 1.80. The summed E-state index contributed by atoms with van der Waals surface area (Å²) in [5.74, 6) is -0.283. The molecule has 2 amide bonds. The van der Waals surface area contributed by atoms with Gasteiger partial charge in [-0.2, -0.15) is 5.10 Å². The van der Waals surface area contributed by atoms with Crippen LogP contribution >= 0.6 is 0 Å². The molecule has 0 spiro atoms. The first kappa shape index (κ1) is 18.4. The highest BCUT2D eigenvalue weighted by Gasteiger charge is 2.28. The number of hydrogen-bond donors (Lipinski definition) is 0. The van der Waals surface area contributed by atoms with Crippen molar-refractivity contribution in [1.82, 2.24) is 14.7 Å². The number of rotatable bonds is 5. The minimum atomic E-state index is -0.145. The van der Waals surface area contributed by atoms with E-state index in [-0.39, 0.29) is 37.0 Å². The molecule has 0 atom stereocenters. The van der Waals surface area contributed by atoms with E-state index in [0.29, 0.717) is 18.7 Å². The maximum atomic E-state index is 12.5. The van der Waals surface area contributed by atoms with Crippen molar-refractivity contribution >= 4 is 23.3 Å². The van der Waals surface area contributed by atoms with Gasteiger partial charge in [-0.05, 0) is 36.5 Å². The fourth-order valence-electron chi connectivity index (χ4n) is 3.97. The summed E-state index contributed by atoms with van der Waals surface area (Å²) >= 11 is 0. The van der Waals surface area contributed by atoms with Crippen molar-refractivity contribution in [3.8, 4) is 0 Å². The second-order valence-electron chi connectivity index (χ2n) is 7.49. The average Bonchev–Trinajstić information content (AvgIpc) is 3.33. The number of amides is 2. The number of nitrogens with zero attached hydrogens (tertiary/aromatic N) is 4. The zero-order valence-electron chi connectivity index (χ0n) is 16.1. The maximum Gasteiger partial charge on any atom is 0.246 e. The topological polar surface area (TPSA) is 75.5 Å². The summed E-state index contributed by atoms with van der Waals surface area (Å²) in [5, 5.41) is 4.08. The lowest BCUT2D eigenvalue weighted by Gasteiger charge is -2.33. The Balaban J connectivity index is 1.31. The van der Waals surface area contributed by atoms with Gasteiger partial charge in [0.15, 0.2) is 5.78 Å². The highest BCUT2D eigenvalue weighted by Crippen LogP contribution is 2.23. The Bertz CT molecular complexity index is 933. The van der Waals surface area contributed by atoms with Crippen molar-refractivity contribution in [2.75, 3.05) is 24.5 Å². The van der Waals surface area contributed by atoms with E-state index in [1.54, 1.807) is 33.9 Å². The Morgan fingerprint density at radius 3 is 2.68 bits per heavy atom. The predicted molar refractivity (Wildman–Crippen MR) is 104 cm³/mol. The molecule has 1 aliphatic carbocycles. The number of fused-ring (bicyclic) bond motifs is 1. The van der Waals surface area contributed by atoms with Crippen molar-refractivity contribution in [3.05, 3.63) is 47.3 Å². The normalized spacial score (nSPS) is 16.4. The van der Waals surface area contributed by atoms with Gasteiger partial charge in [0.05, 0.1) is 11.9 Å². The fraction of sp³-hybridized carbons (Fsp3) is 0.429. The van der Waals surface area contributed by atoms with Crippen LogP contribution in [-0.2, 0) is 29.5 Å². The second kappa shape index (κ2) is 7.58. The Kier molecular flexibility index (Phi) is 4.98. The monoisotopic (exact) mass is 380 g/mol. The van der Waals surface area contributed by atoms with Gasteiger partial charge in [-0.3, -0.25) is 19.1 Å². The molecule has 1 aromatic heterocycles. The quantitative estimate of drug-likeness (QED) is 0.741. The van der Waals surface area contributed by atoms with Crippen LogP contribution in [-0.4, -0.2) is 51.9 Å². The van der Waals surface area contributed by atoms with Crippen molar-refractivity contribution in [2.24, 2.45) is 7.05 Å². The number of ketones is 1. The summed E-state index contributed by atoms with van der Waals surface area (Å²) < 4.78 is 1.64. The first-order valence-electron chi connectivity index (χ1n) is 9.73. The van der Waals surface area contributed by atoms with Crippen LogP contribution in [0.25, 0.3) is 0 Å². The van der Waals surface area contributed by atoms with Gasteiger partial charge in [0.25, 0.3) is 0 Å². The second-order valence-corrected chi connectivity index (χ2v) is 7.49. The van der Waals surface area contributed by atoms with Gasteiger partial charge in [0.1, 0.15) is 6.54 Å². The smallest absolute Gasteiger partial charge is 0.246 e. The molecule has 2 aromatic rings. The molecule has 146 valence electrons. The van der Waals surface area contributed by atoms with E-state index < -0.39 is 0 Å². The van der Waals surface area contributed by atoms with Crippen LogP contribution in [0.2, 0.25) is 0 Å². The van der Waals surface area contributed by atoms with E-state index in [0.717, 1.165) is 24.9 Å². The van der Waals surface area contributed by atoms with Crippen LogP contribution in [0, 0.1) is 0 Å². The van der Waals surface area contributed by atoms with Crippen molar-refractivity contribution < 1.29 is 14.4 Å². The van der Waals surface area contributed by atoms with E-state index in [1.807, 2.05) is 18.2 Å². The molecule has 4 rings (SSSR count). The van der Waals surface area contributed by atoms with Crippen LogP contribution in [0.15, 0.2) is 30.6 Å². The fourth-order valence-corrected chi connectivity index (χ4v) is 3.97.